The summed E-state index contributed by atoms with van der Waals surface area (Å²) in [6.45, 7) is 0.361. The molecule has 0 aliphatic heterocycles. The average molecular weight is 391 g/mol. The number of carbonyl (C=O) groups excluding carboxylic acids is 1. The van der Waals surface area contributed by atoms with E-state index in [9.17, 15) is 4.79 Å². The van der Waals surface area contributed by atoms with Crippen LogP contribution >= 0.6 is 11.8 Å². The number of furan rings is 1. The van der Waals surface area contributed by atoms with E-state index in [1.165, 1.54) is 11.8 Å². The summed E-state index contributed by atoms with van der Waals surface area (Å²) >= 11 is 1.30. The first-order chi connectivity index (χ1) is 13.8. The van der Waals surface area contributed by atoms with Crippen LogP contribution in [0.2, 0.25) is 0 Å². The van der Waals surface area contributed by atoms with Gasteiger partial charge in [0, 0.05) is 5.69 Å². The summed E-state index contributed by atoms with van der Waals surface area (Å²) < 4.78 is 7.05. The molecule has 0 atom stereocenters. The lowest BCUT2D eigenvalue weighted by Gasteiger charge is -2.21. The lowest BCUT2D eigenvalue weighted by molar-refractivity contribution is -0.116. The van der Waals surface area contributed by atoms with Crippen molar-refractivity contribution in [2.24, 2.45) is 0 Å². The molecule has 1 amide bonds. The van der Waals surface area contributed by atoms with Gasteiger partial charge in [0.15, 0.2) is 0 Å². The van der Waals surface area contributed by atoms with Crippen molar-refractivity contribution in [2.45, 2.75) is 11.7 Å². The molecule has 0 saturated heterocycles. The van der Waals surface area contributed by atoms with Crippen molar-refractivity contribution < 1.29 is 9.21 Å². The van der Waals surface area contributed by atoms with E-state index in [0.717, 1.165) is 17.1 Å². The monoisotopic (exact) mass is 391 g/mol. The molecule has 0 fully saturated rings. The molecule has 2 aromatic carbocycles. The largest absolute Gasteiger partial charge is 0.467 e. The average Bonchev–Trinajstić information content (AvgIpc) is 3.43. The number of carbonyl (C=O) groups is 1. The van der Waals surface area contributed by atoms with Crippen molar-refractivity contribution in [3.8, 4) is 5.69 Å². The van der Waals surface area contributed by atoms with E-state index in [1.54, 1.807) is 15.8 Å². The Hall–Kier alpha value is -3.39. The smallest absolute Gasteiger partial charge is 0.237 e. The Kier molecular flexibility index (Phi) is 5.48. The molecule has 0 radical (unpaired) electrons. The molecule has 140 valence electrons. The predicted molar refractivity (Wildman–Crippen MR) is 106 cm³/mol. The lowest BCUT2D eigenvalue weighted by Crippen LogP contribution is -2.31. The zero-order chi connectivity index (χ0) is 19.2. The van der Waals surface area contributed by atoms with Crippen LogP contribution < -0.4 is 4.90 Å². The maximum Gasteiger partial charge on any atom is 0.237 e. The number of benzene rings is 2. The minimum Gasteiger partial charge on any atom is -0.467 e. The first kappa shape index (κ1) is 18.0. The van der Waals surface area contributed by atoms with Crippen molar-refractivity contribution in [2.75, 3.05) is 10.7 Å². The van der Waals surface area contributed by atoms with E-state index in [2.05, 4.69) is 15.5 Å². The Labute approximate surface area is 166 Å². The van der Waals surface area contributed by atoms with Gasteiger partial charge in [-0.05, 0) is 46.8 Å². The Balaban J connectivity index is 1.50. The van der Waals surface area contributed by atoms with Crippen molar-refractivity contribution >= 4 is 23.4 Å². The highest BCUT2D eigenvalue weighted by Gasteiger charge is 2.19. The van der Waals surface area contributed by atoms with Gasteiger partial charge in [0.2, 0.25) is 11.1 Å². The molecule has 0 bridgehead atoms. The highest BCUT2D eigenvalue weighted by molar-refractivity contribution is 7.99. The summed E-state index contributed by atoms with van der Waals surface area (Å²) in [5.41, 5.74) is 1.66. The molecular formula is C20H17N5O2S. The predicted octanol–water partition coefficient (Wildman–Crippen LogP) is 3.58. The maximum atomic E-state index is 13.0. The molecular weight excluding hydrogens is 374 g/mol. The molecule has 2 heterocycles. The number of para-hydroxylation sites is 2. The normalized spacial score (nSPS) is 10.7. The van der Waals surface area contributed by atoms with E-state index in [4.69, 9.17) is 4.42 Å². The third-order valence-electron chi connectivity index (χ3n) is 4.03. The van der Waals surface area contributed by atoms with Crippen LogP contribution in [0.25, 0.3) is 5.69 Å². The highest BCUT2D eigenvalue weighted by atomic mass is 32.2. The van der Waals surface area contributed by atoms with Gasteiger partial charge in [0.25, 0.3) is 0 Å². The molecule has 0 aliphatic carbocycles. The molecule has 7 nitrogen and oxygen atoms in total. The number of rotatable bonds is 7. The number of hydrogen-bond acceptors (Lipinski definition) is 6. The molecule has 4 rings (SSSR count). The Morgan fingerprint density at radius 1 is 1.00 bits per heavy atom. The Morgan fingerprint density at radius 2 is 1.75 bits per heavy atom. The summed E-state index contributed by atoms with van der Waals surface area (Å²) in [6, 6.07) is 22.8. The van der Waals surface area contributed by atoms with Gasteiger partial charge in [0.05, 0.1) is 24.2 Å². The van der Waals surface area contributed by atoms with Gasteiger partial charge in [-0.2, -0.15) is 4.68 Å². The third-order valence-corrected chi connectivity index (χ3v) is 4.93. The fourth-order valence-corrected chi connectivity index (χ4v) is 3.46. The van der Waals surface area contributed by atoms with E-state index < -0.39 is 0 Å². The molecule has 2 aromatic heterocycles. The topological polar surface area (TPSA) is 77.1 Å². The molecule has 0 N–H and O–H groups in total. The lowest BCUT2D eigenvalue weighted by atomic mass is 10.2. The zero-order valence-electron chi connectivity index (χ0n) is 14.9. The summed E-state index contributed by atoms with van der Waals surface area (Å²) in [5.74, 6) is 0.856. The molecule has 28 heavy (non-hydrogen) atoms. The summed E-state index contributed by atoms with van der Waals surface area (Å²) in [6.07, 6.45) is 1.60. The third kappa shape index (κ3) is 4.12. The Bertz CT molecular complexity index is 1020. The standard InChI is InChI=1S/C20H17N5O2S/c26-19(15-28-20-21-22-23-25(20)17-10-5-2-6-11-17)24(14-18-12-7-13-27-18)16-8-3-1-4-9-16/h1-13H,14-15H2. The number of amides is 1. The first-order valence-electron chi connectivity index (χ1n) is 8.65. The van der Waals surface area contributed by atoms with Crippen LogP contribution in [0.5, 0.6) is 0 Å². The van der Waals surface area contributed by atoms with E-state index >= 15 is 0 Å². The SMILES string of the molecule is O=C(CSc1nnnn1-c1ccccc1)N(Cc1ccco1)c1ccccc1. The number of tetrazole rings is 1. The quantitative estimate of drug-likeness (QED) is 0.448. The van der Waals surface area contributed by atoms with E-state index in [0.29, 0.717) is 11.7 Å². The van der Waals surface area contributed by atoms with Crippen molar-refractivity contribution in [1.82, 2.24) is 20.2 Å². The van der Waals surface area contributed by atoms with Gasteiger partial charge in [-0.1, -0.05) is 48.2 Å². The number of thioether (sulfide) groups is 1. The zero-order valence-corrected chi connectivity index (χ0v) is 15.7. The van der Waals surface area contributed by atoms with E-state index in [1.807, 2.05) is 72.8 Å². The van der Waals surface area contributed by atoms with Crippen LogP contribution in [0.4, 0.5) is 5.69 Å². The van der Waals surface area contributed by atoms with Crippen LogP contribution in [0, 0.1) is 0 Å². The van der Waals surface area contributed by atoms with Crippen LogP contribution in [-0.4, -0.2) is 31.9 Å². The summed E-state index contributed by atoms with van der Waals surface area (Å²) in [7, 11) is 0. The molecule has 4 aromatic rings. The summed E-state index contributed by atoms with van der Waals surface area (Å²) in [5, 5.41) is 12.4. The van der Waals surface area contributed by atoms with Gasteiger partial charge in [0.1, 0.15) is 5.76 Å². The van der Waals surface area contributed by atoms with Gasteiger partial charge in [-0.25, -0.2) is 0 Å². The second-order valence-electron chi connectivity index (χ2n) is 5.89. The Morgan fingerprint density at radius 3 is 2.46 bits per heavy atom. The second-order valence-corrected chi connectivity index (χ2v) is 6.83. The summed E-state index contributed by atoms with van der Waals surface area (Å²) in [4.78, 5) is 14.7. The maximum absolute atomic E-state index is 13.0. The van der Waals surface area contributed by atoms with E-state index in [-0.39, 0.29) is 11.7 Å². The van der Waals surface area contributed by atoms with Crippen LogP contribution in [-0.2, 0) is 11.3 Å². The molecule has 0 unspecified atom stereocenters. The van der Waals surface area contributed by atoms with Gasteiger partial charge >= 0.3 is 0 Å². The van der Waals surface area contributed by atoms with Crippen LogP contribution in [0.3, 0.4) is 0 Å². The van der Waals surface area contributed by atoms with Gasteiger partial charge in [-0.15, -0.1) is 5.10 Å². The number of aromatic nitrogens is 4. The first-order valence-corrected chi connectivity index (χ1v) is 9.64. The van der Waals surface area contributed by atoms with Gasteiger partial charge in [-0.3, -0.25) is 4.79 Å². The number of hydrogen-bond donors (Lipinski definition) is 0. The van der Waals surface area contributed by atoms with Crippen LogP contribution in [0.15, 0.2) is 88.6 Å². The van der Waals surface area contributed by atoms with Crippen molar-refractivity contribution in [1.29, 1.82) is 0 Å². The van der Waals surface area contributed by atoms with Crippen molar-refractivity contribution in [3.63, 3.8) is 0 Å². The molecule has 0 spiro atoms. The number of nitrogens with zero attached hydrogens (tertiary/aromatic N) is 5. The number of anilines is 1. The highest BCUT2D eigenvalue weighted by Crippen LogP contribution is 2.22. The molecule has 0 aliphatic rings. The fourth-order valence-electron chi connectivity index (χ4n) is 2.69. The second kappa shape index (κ2) is 8.53. The van der Waals surface area contributed by atoms with Crippen molar-refractivity contribution in [3.05, 3.63) is 84.8 Å². The molecule has 8 heteroatoms. The minimum absolute atomic E-state index is 0.0600. The minimum atomic E-state index is -0.0600. The molecule has 0 saturated carbocycles. The fraction of sp³-hybridized carbons (Fsp3) is 0.100. The van der Waals surface area contributed by atoms with Crippen LogP contribution in [0.1, 0.15) is 5.76 Å². The van der Waals surface area contributed by atoms with Gasteiger partial charge < -0.3 is 9.32 Å².